The number of aromatic nitrogens is 1. The Balaban J connectivity index is 1.73. The molecule has 6 nitrogen and oxygen atoms in total. The second kappa shape index (κ2) is 8.73. The van der Waals surface area contributed by atoms with Gasteiger partial charge in [-0.05, 0) is 54.3 Å². The Labute approximate surface area is 204 Å². The molecule has 0 aliphatic carbocycles. The highest BCUT2D eigenvalue weighted by atomic mass is 35.5. The van der Waals surface area contributed by atoms with Crippen LogP contribution < -0.4 is 4.90 Å². The Morgan fingerprint density at radius 2 is 1.88 bits per heavy atom. The van der Waals surface area contributed by atoms with Crippen molar-refractivity contribution in [2.75, 3.05) is 18.5 Å². The average molecular weight is 496 g/mol. The Hall–Kier alpha value is -2.87. The first-order valence-electron chi connectivity index (χ1n) is 11.2. The topological polar surface area (TPSA) is 66.7 Å². The summed E-state index contributed by atoms with van der Waals surface area (Å²) < 4.78 is 34.5. The van der Waals surface area contributed by atoms with Gasteiger partial charge in [0.1, 0.15) is 4.90 Å². The molecule has 34 heavy (non-hydrogen) atoms. The quantitative estimate of drug-likeness (QED) is 0.330. The van der Waals surface area contributed by atoms with Crippen LogP contribution in [0.4, 0.5) is 11.4 Å². The van der Waals surface area contributed by atoms with Gasteiger partial charge < -0.3 is 9.42 Å². The van der Waals surface area contributed by atoms with E-state index < -0.39 is 10.0 Å². The third-order valence-electron chi connectivity index (χ3n) is 6.38. The molecular formula is C26H26ClN3O3S. The molecule has 0 radical (unpaired) electrons. The summed E-state index contributed by atoms with van der Waals surface area (Å²) in [5, 5.41) is 5.14. The van der Waals surface area contributed by atoms with Crippen molar-refractivity contribution in [3.8, 4) is 11.1 Å². The van der Waals surface area contributed by atoms with E-state index in [-0.39, 0.29) is 10.9 Å². The van der Waals surface area contributed by atoms with Crippen LogP contribution in [0.15, 0.2) is 76.3 Å². The van der Waals surface area contributed by atoms with Crippen molar-refractivity contribution in [1.82, 2.24) is 9.46 Å². The lowest BCUT2D eigenvalue weighted by atomic mass is 10.0. The largest absolute Gasteiger partial charge is 0.356 e. The predicted molar refractivity (Wildman–Crippen MR) is 136 cm³/mol. The maximum absolute atomic E-state index is 13.9. The van der Waals surface area contributed by atoms with Crippen molar-refractivity contribution in [2.24, 2.45) is 5.92 Å². The van der Waals surface area contributed by atoms with Gasteiger partial charge in [0.15, 0.2) is 5.58 Å². The summed E-state index contributed by atoms with van der Waals surface area (Å²) >= 11 is 6.80. The van der Waals surface area contributed by atoms with Gasteiger partial charge in [-0.2, -0.15) is 4.31 Å². The minimum atomic E-state index is -3.77. The Kier molecular flexibility index (Phi) is 5.88. The van der Waals surface area contributed by atoms with Crippen molar-refractivity contribution in [3.63, 3.8) is 0 Å². The van der Waals surface area contributed by atoms with E-state index in [0.29, 0.717) is 34.3 Å². The van der Waals surface area contributed by atoms with Crippen LogP contribution in [0.1, 0.15) is 20.3 Å². The maximum atomic E-state index is 13.9. The SMILES string of the molecule is CC(C)C[C@@H]1CN(c2ccccc2)c2cc(Cl)c(-c3ccc4oncc4c3)cc2S(=O)(=O)N1C. The molecule has 0 unspecified atom stereocenters. The molecule has 176 valence electrons. The molecular weight excluding hydrogens is 470 g/mol. The number of benzene rings is 3. The van der Waals surface area contributed by atoms with Crippen LogP contribution in [-0.2, 0) is 10.0 Å². The standard InChI is InChI=1S/C26H26ClN3O3S/c1-17(2)11-21-16-30(20-7-5-4-6-8-20)24-14-23(27)22(13-26(24)34(31,32)29(21)3)18-9-10-25-19(12-18)15-28-33-25/h4-10,12-15,17,21H,11,16H2,1-3H3/t21-/m1/s1. The van der Waals surface area contributed by atoms with Gasteiger partial charge in [0, 0.05) is 36.3 Å². The van der Waals surface area contributed by atoms with Gasteiger partial charge in [0.25, 0.3) is 0 Å². The van der Waals surface area contributed by atoms with E-state index in [1.54, 1.807) is 25.4 Å². The minimum absolute atomic E-state index is 0.187. The number of fused-ring (bicyclic) bond motifs is 2. The van der Waals surface area contributed by atoms with Gasteiger partial charge in [-0.15, -0.1) is 0 Å². The molecule has 0 N–H and O–H groups in total. The van der Waals surface area contributed by atoms with Crippen LogP contribution in [0.2, 0.25) is 5.02 Å². The zero-order valence-corrected chi connectivity index (χ0v) is 20.8. The first kappa shape index (κ1) is 22.9. The van der Waals surface area contributed by atoms with Crippen LogP contribution in [0.5, 0.6) is 0 Å². The fourth-order valence-electron chi connectivity index (χ4n) is 4.62. The molecule has 0 bridgehead atoms. The third-order valence-corrected chi connectivity index (χ3v) is 8.63. The van der Waals surface area contributed by atoms with Crippen molar-refractivity contribution < 1.29 is 12.9 Å². The normalized spacial score (nSPS) is 18.3. The number of hydrogen-bond acceptors (Lipinski definition) is 5. The zero-order valence-electron chi connectivity index (χ0n) is 19.3. The van der Waals surface area contributed by atoms with E-state index >= 15 is 0 Å². The fraction of sp³-hybridized carbons (Fsp3) is 0.269. The van der Waals surface area contributed by atoms with E-state index in [2.05, 4.69) is 23.9 Å². The molecule has 5 rings (SSSR count). The number of hydrogen-bond donors (Lipinski definition) is 0. The number of rotatable bonds is 4. The molecule has 0 amide bonds. The highest BCUT2D eigenvalue weighted by Gasteiger charge is 2.37. The number of halogens is 1. The van der Waals surface area contributed by atoms with Crippen LogP contribution in [0, 0.1) is 5.92 Å². The van der Waals surface area contributed by atoms with E-state index in [1.165, 1.54) is 4.31 Å². The number of sulfonamides is 1. The summed E-state index contributed by atoms with van der Waals surface area (Å²) in [5.41, 5.74) is 3.63. The summed E-state index contributed by atoms with van der Waals surface area (Å²) in [4.78, 5) is 2.32. The molecule has 8 heteroatoms. The lowest BCUT2D eigenvalue weighted by Crippen LogP contribution is -2.41. The molecule has 0 saturated carbocycles. The Morgan fingerprint density at radius 1 is 1.12 bits per heavy atom. The van der Waals surface area contributed by atoms with Gasteiger partial charge in [-0.1, -0.05) is 54.9 Å². The van der Waals surface area contributed by atoms with E-state index in [9.17, 15) is 8.42 Å². The summed E-state index contributed by atoms with van der Waals surface area (Å²) in [7, 11) is -2.09. The minimum Gasteiger partial charge on any atom is -0.356 e. The first-order chi connectivity index (χ1) is 16.3. The summed E-state index contributed by atoms with van der Waals surface area (Å²) in [6.07, 6.45) is 2.38. The number of para-hydroxylation sites is 1. The van der Waals surface area contributed by atoms with Gasteiger partial charge in [0.2, 0.25) is 10.0 Å². The van der Waals surface area contributed by atoms with Crippen molar-refractivity contribution in [2.45, 2.75) is 31.2 Å². The second-order valence-electron chi connectivity index (χ2n) is 9.13. The molecule has 1 aliphatic rings. The van der Waals surface area contributed by atoms with Crippen LogP contribution in [0.3, 0.4) is 0 Å². The van der Waals surface area contributed by atoms with Crippen molar-refractivity contribution >= 4 is 44.0 Å². The number of likely N-dealkylation sites (N-methyl/N-ethyl adjacent to an activating group) is 1. The van der Waals surface area contributed by atoms with Crippen LogP contribution >= 0.6 is 11.6 Å². The third kappa shape index (κ3) is 3.98. The molecule has 0 saturated heterocycles. The van der Waals surface area contributed by atoms with E-state index in [0.717, 1.165) is 23.1 Å². The maximum Gasteiger partial charge on any atom is 0.245 e. The molecule has 0 fully saturated rings. The molecule has 1 aliphatic heterocycles. The van der Waals surface area contributed by atoms with Crippen molar-refractivity contribution in [3.05, 3.63) is 71.9 Å². The zero-order chi connectivity index (χ0) is 24.0. The fourth-order valence-corrected chi connectivity index (χ4v) is 6.44. The van der Waals surface area contributed by atoms with Crippen LogP contribution in [0.25, 0.3) is 22.1 Å². The molecule has 2 heterocycles. The van der Waals surface area contributed by atoms with Gasteiger partial charge in [-0.25, -0.2) is 8.42 Å². The average Bonchev–Trinajstić information content (AvgIpc) is 3.26. The Morgan fingerprint density at radius 3 is 2.62 bits per heavy atom. The van der Waals surface area contributed by atoms with Crippen LogP contribution in [-0.4, -0.2) is 37.5 Å². The molecule has 1 aromatic heterocycles. The highest BCUT2D eigenvalue weighted by Crippen LogP contribution is 2.43. The van der Waals surface area contributed by atoms with E-state index in [1.807, 2.05) is 48.5 Å². The highest BCUT2D eigenvalue weighted by molar-refractivity contribution is 7.89. The second-order valence-corrected chi connectivity index (χ2v) is 11.5. The molecule has 3 aromatic carbocycles. The lowest BCUT2D eigenvalue weighted by molar-refractivity contribution is 0.326. The molecule has 1 atom stereocenters. The smallest absolute Gasteiger partial charge is 0.245 e. The van der Waals surface area contributed by atoms with Gasteiger partial charge in [0.05, 0.1) is 16.9 Å². The number of anilines is 2. The molecule has 4 aromatic rings. The van der Waals surface area contributed by atoms with Gasteiger partial charge >= 0.3 is 0 Å². The van der Waals surface area contributed by atoms with Gasteiger partial charge in [-0.3, -0.25) is 0 Å². The lowest BCUT2D eigenvalue weighted by Gasteiger charge is -2.30. The summed E-state index contributed by atoms with van der Waals surface area (Å²) in [5.74, 6) is 0.343. The summed E-state index contributed by atoms with van der Waals surface area (Å²) in [6.45, 7) is 4.76. The number of nitrogens with zero attached hydrogens (tertiary/aromatic N) is 3. The van der Waals surface area contributed by atoms with E-state index in [4.69, 9.17) is 16.1 Å². The van der Waals surface area contributed by atoms with Crippen molar-refractivity contribution in [1.29, 1.82) is 0 Å². The predicted octanol–water partition coefficient (Wildman–Crippen LogP) is 6.34. The summed E-state index contributed by atoms with van der Waals surface area (Å²) in [6, 6.07) is 18.7. The Bertz CT molecular complexity index is 1450. The molecule has 0 spiro atoms. The first-order valence-corrected chi connectivity index (χ1v) is 13.1. The monoisotopic (exact) mass is 495 g/mol.